The fourth-order valence-electron chi connectivity index (χ4n) is 3.23. The first-order valence-electron chi connectivity index (χ1n) is 14.4. The minimum Gasteiger partial charge on any atom is -0.463 e. The Balaban J connectivity index is 3.69. The predicted octanol–water partition coefficient (Wildman–Crippen LogP) is 6.66. The SMILES string of the molecule is CCCCC/C=C\C/C=C\C/C=C\C/C=C\CCCCCC(=O)OC[C@@H](O)COP(=O)(O)OCC[N+](C)(C)C. The molecule has 9 heteroatoms. The average molecular weight is 573 g/mol. The van der Waals surface area contributed by atoms with Crippen molar-refractivity contribution in [3.05, 3.63) is 48.6 Å². The molecule has 0 spiro atoms. The minimum absolute atomic E-state index is 0.0464. The molecule has 39 heavy (non-hydrogen) atoms. The van der Waals surface area contributed by atoms with Crippen LogP contribution in [0.1, 0.15) is 84.0 Å². The zero-order chi connectivity index (χ0) is 29.2. The number of nitrogens with zero attached hydrogens (tertiary/aromatic N) is 1. The van der Waals surface area contributed by atoms with Gasteiger partial charge in [-0.25, -0.2) is 4.57 Å². The maximum absolute atomic E-state index is 11.8. The second-order valence-corrected chi connectivity index (χ2v) is 12.1. The van der Waals surface area contributed by atoms with Crippen molar-refractivity contribution in [1.29, 1.82) is 0 Å². The molecule has 0 saturated carbocycles. The van der Waals surface area contributed by atoms with Crippen molar-refractivity contribution >= 4 is 13.8 Å². The summed E-state index contributed by atoms with van der Waals surface area (Å²) in [6.45, 7) is 2.05. The second kappa shape index (κ2) is 24.3. The monoisotopic (exact) mass is 572 g/mol. The number of unbranched alkanes of at least 4 members (excludes halogenated alkanes) is 6. The maximum Gasteiger partial charge on any atom is 0.472 e. The smallest absolute Gasteiger partial charge is 0.463 e. The number of hydrogen-bond acceptors (Lipinski definition) is 6. The highest BCUT2D eigenvalue weighted by molar-refractivity contribution is 7.47. The molecule has 0 radical (unpaired) electrons. The van der Waals surface area contributed by atoms with E-state index in [1.807, 2.05) is 21.1 Å². The zero-order valence-electron chi connectivity index (χ0n) is 24.8. The van der Waals surface area contributed by atoms with Crippen LogP contribution < -0.4 is 0 Å². The number of esters is 1. The van der Waals surface area contributed by atoms with Crippen molar-refractivity contribution in [2.24, 2.45) is 0 Å². The summed E-state index contributed by atoms with van der Waals surface area (Å²) < 4.78 is 27.0. The predicted molar refractivity (Wildman–Crippen MR) is 159 cm³/mol. The third kappa shape index (κ3) is 29.3. The molecule has 0 amide bonds. The van der Waals surface area contributed by atoms with E-state index < -0.39 is 26.5 Å². The Morgan fingerprint density at radius 2 is 1.33 bits per heavy atom. The van der Waals surface area contributed by atoms with Gasteiger partial charge in [0.15, 0.2) is 0 Å². The van der Waals surface area contributed by atoms with Gasteiger partial charge in [0.1, 0.15) is 25.9 Å². The molecule has 0 saturated heterocycles. The van der Waals surface area contributed by atoms with E-state index in [1.165, 1.54) is 25.7 Å². The van der Waals surface area contributed by atoms with Gasteiger partial charge in [-0.3, -0.25) is 13.8 Å². The van der Waals surface area contributed by atoms with Crippen LogP contribution >= 0.6 is 7.82 Å². The summed E-state index contributed by atoms with van der Waals surface area (Å²) >= 11 is 0. The number of quaternary nitrogens is 1. The van der Waals surface area contributed by atoms with Gasteiger partial charge in [-0.1, -0.05) is 74.8 Å². The summed E-state index contributed by atoms with van der Waals surface area (Å²) in [6.07, 6.45) is 28.3. The number of carbonyl (C=O) groups is 1. The van der Waals surface area contributed by atoms with Crippen LogP contribution in [0.3, 0.4) is 0 Å². The van der Waals surface area contributed by atoms with Crippen molar-refractivity contribution < 1.29 is 37.6 Å². The van der Waals surface area contributed by atoms with E-state index in [0.717, 1.165) is 38.5 Å². The summed E-state index contributed by atoms with van der Waals surface area (Å²) in [6, 6.07) is 0. The lowest BCUT2D eigenvalue weighted by molar-refractivity contribution is -0.870. The number of rotatable bonds is 25. The average Bonchev–Trinajstić information content (AvgIpc) is 2.86. The van der Waals surface area contributed by atoms with E-state index in [-0.39, 0.29) is 19.6 Å². The Bertz CT molecular complexity index is 772. The Morgan fingerprint density at radius 1 is 0.795 bits per heavy atom. The third-order valence-corrected chi connectivity index (χ3v) is 6.58. The summed E-state index contributed by atoms with van der Waals surface area (Å²) in [5.41, 5.74) is 0. The molecular formula is C30H55NO7P+. The molecule has 0 fully saturated rings. The van der Waals surface area contributed by atoms with Crippen molar-refractivity contribution in [2.75, 3.05) is 47.5 Å². The molecule has 8 nitrogen and oxygen atoms in total. The van der Waals surface area contributed by atoms with Crippen molar-refractivity contribution in [1.82, 2.24) is 0 Å². The van der Waals surface area contributed by atoms with Crippen LogP contribution in [0.2, 0.25) is 0 Å². The lowest BCUT2D eigenvalue weighted by Crippen LogP contribution is -2.37. The summed E-state index contributed by atoms with van der Waals surface area (Å²) in [4.78, 5) is 21.5. The lowest BCUT2D eigenvalue weighted by Gasteiger charge is -2.24. The molecule has 2 atom stereocenters. The molecule has 2 N–H and O–H groups in total. The normalized spacial score (nSPS) is 15.1. The van der Waals surface area contributed by atoms with Gasteiger partial charge in [0.25, 0.3) is 0 Å². The van der Waals surface area contributed by atoms with E-state index in [1.54, 1.807) is 0 Å². The van der Waals surface area contributed by atoms with E-state index in [4.69, 9.17) is 13.8 Å². The van der Waals surface area contributed by atoms with Gasteiger partial charge in [0.2, 0.25) is 0 Å². The van der Waals surface area contributed by atoms with Crippen molar-refractivity contribution in [3.8, 4) is 0 Å². The minimum atomic E-state index is -4.25. The summed E-state index contributed by atoms with van der Waals surface area (Å²) in [5.74, 6) is -0.404. The van der Waals surface area contributed by atoms with Gasteiger partial charge >= 0.3 is 13.8 Å². The number of carbonyl (C=O) groups excluding carboxylic acids is 1. The molecule has 1 unspecified atom stereocenters. The number of phosphoric ester groups is 1. The first kappa shape index (κ1) is 37.5. The van der Waals surface area contributed by atoms with Gasteiger partial charge in [-0.15, -0.1) is 0 Å². The number of aliphatic hydroxyl groups excluding tert-OH is 1. The van der Waals surface area contributed by atoms with Crippen molar-refractivity contribution in [2.45, 2.75) is 90.1 Å². The van der Waals surface area contributed by atoms with Gasteiger partial charge in [0.05, 0.1) is 27.7 Å². The molecule has 0 aliphatic heterocycles. The van der Waals surface area contributed by atoms with Crippen molar-refractivity contribution in [3.63, 3.8) is 0 Å². The van der Waals surface area contributed by atoms with Crippen LogP contribution in [-0.4, -0.2) is 74.1 Å². The van der Waals surface area contributed by atoms with Gasteiger partial charge in [0, 0.05) is 6.42 Å². The Morgan fingerprint density at radius 3 is 1.87 bits per heavy atom. The van der Waals surface area contributed by atoms with Gasteiger partial charge in [-0.2, -0.15) is 0 Å². The zero-order valence-corrected chi connectivity index (χ0v) is 25.7. The molecule has 0 aromatic carbocycles. The highest BCUT2D eigenvalue weighted by atomic mass is 31.2. The number of allylic oxidation sites excluding steroid dienone is 8. The molecule has 0 aliphatic rings. The molecule has 0 aromatic rings. The standard InChI is InChI=1S/C30H54NO7P/c1-5-6-7-8-9-10-11-12-13-14-15-16-17-18-19-20-21-22-23-24-30(33)36-27-29(32)28-38-39(34,35)37-26-25-31(2,3)4/h9-10,12-13,15-16,18-19,29,32H,5-8,11,14,17,20-28H2,1-4H3/p+1/b10-9-,13-12-,16-15-,19-18-/t29-/m1/s1. The summed E-state index contributed by atoms with van der Waals surface area (Å²) in [5, 5.41) is 9.84. The second-order valence-electron chi connectivity index (χ2n) is 10.6. The first-order chi connectivity index (χ1) is 18.6. The molecule has 0 rings (SSSR count). The first-order valence-corrected chi connectivity index (χ1v) is 15.9. The number of ether oxygens (including phenoxy) is 1. The highest BCUT2D eigenvalue weighted by Crippen LogP contribution is 2.43. The fourth-order valence-corrected chi connectivity index (χ4v) is 3.97. The van der Waals surface area contributed by atoms with E-state index in [0.29, 0.717) is 17.4 Å². The number of likely N-dealkylation sites (N-methyl/N-ethyl adjacent to an activating group) is 1. The third-order valence-electron chi connectivity index (χ3n) is 5.59. The van der Waals surface area contributed by atoms with E-state index in [2.05, 4.69) is 55.5 Å². The summed E-state index contributed by atoms with van der Waals surface area (Å²) in [7, 11) is 1.53. The van der Waals surface area contributed by atoms with Crippen LogP contribution in [0.5, 0.6) is 0 Å². The highest BCUT2D eigenvalue weighted by Gasteiger charge is 2.24. The number of phosphoric acid groups is 1. The lowest BCUT2D eigenvalue weighted by atomic mass is 10.1. The number of aliphatic hydroxyl groups is 1. The maximum atomic E-state index is 11.8. The van der Waals surface area contributed by atoms with Crippen LogP contribution in [0, 0.1) is 0 Å². The van der Waals surface area contributed by atoms with Crippen LogP contribution in [0.25, 0.3) is 0 Å². The molecule has 0 bridgehead atoms. The quantitative estimate of drug-likeness (QED) is 0.0415. The molecule has 226 valence electrons. The fraction of sp³-hybridized carbons (Fsp3) is 0.700. The molecular weight excluding hydrogens is 517 g/mol. The molecule has 0 heterocycles. The molecule has 0 aromatic heterocycles. The Kier molecular flexibility index (Phi) is 23.3. The largest absolute Gasteiger partial charge is 0.472 e. The number of hydrogen-bond donors (Lipinski definition) is 2. The van der Waals surface area contributed by atoms with Gasteiger partial charge in [-0.05, 0) is 51.4 Å². The van der Waals surface area contributed by atoms with Crippen LogP contribution in [0.4, 0.5) is 0 Å². The Labute approximate surface area is 237 Å². The van der Waals surface area contributed by atoms with Gasteiger partial charge < -0.3 is 19.2 Å². The van der Waals surface area contributed by atoms with E-state index >= 15 is 0 Å². The Hall–Kier alpha value is -1.54. The molecule has 0 aliphatic carbocycles. The topological polar surface area (TPSA) is 102 Å². The van der Waals surface area contributed by atoms with Crippen LogP contribution in [0.15, 0.2) is 48.6 Å². The van der Waals surface area contributed by atoms with Crippen LogP contribution in [-0.2, 0) is 23.1 Å². The van der Waals surface area contributed by atoms with E-state index in [9.17, 15) is 19.4 Å².